The number of ether oxygens (including phenoxy) is 1. The zero-order chi connectivity index (χ0) is 28.2. The highest BCUT2D eigenvalue weighted by molar-refractivity contribution is 6.13. The van der Waals surface area contributed by atoms with Gasteiger partial charge in [-0.25, -0.2) is 19.7 Å². The van der Waals surface area contributed by atoms with Crippen LogP contribution in [0.5, 0.6) is 5.75 Å². The molecule has 0 bridgehead atoms. The summed E-state index contributed by atoms with van der Waals surface area (Å²) in [6, 6.07) is 10.7. The molecule has 11 heteroatoms. The number of nitrogens with zero attached hydrogens (tertiary/aromatic N) is 6. The maximum Gasteiger partial charge on any atom is 0.331 e. The zero-order valence-corrected chi connectivity index (χ0v) is 22.8. The number of benzene rings is 1. The smallest absolute Gasteiger partial charge is 0.331 e. The van der Waals surface area contributed by atoms with Crippen LogP contribution in [0.3, 0.4) is 0 Å². The fourth-order valence-corrected chi connectivity index (χ4v) is 5.32. The average Bonchev–Trinajstić information content (AvgIpc) is 3.89. The molecule has 208 valence electrons. The predicted octanol–water partition coefficient (Wildman–Crippen LogP) is 4.03. The molecular weight excluding hydrogens is 522 g/mol. The van der Waals surface area contributed by atoms with Crippen molar-refractivity contribution in [3.63, 3.8) is 0 Å². The van der Waals surface area contributed by atoms with Gasteiger partial charge in [-0.15, -0.1) is 0 Å². The number of pyridine rings is 1. The van der Waals surface area contributed by atoms with Gasteiger partial charge in [-0.3, -0.25) is 19.4 Å². The van der Waals surface area contributed by atoms with Crippen LogP contribution in [0.4, 0.5) is 16.2 Å². The predicted molar refractivity (Wildman–Crippen MR) is 150 cm³/mol. The van der Waals surface area contributed by atoms with Crippen molar-refractivity contribution in [2.24, 2.45) is 5.92 Å². The van der Waals surface area contributed by atoms with E-state index in [1.54, 1.807) is 12.3 Å². The topological polar surface area (TPSA) is 122 Å². The fourth-order valence-electron chi connectivity index (χ4n) is 5.32. The Balaban J connectivity index is 1.05. The van der Waals surface area contributed by atoms with E-state index in [0.717, 1.165) is 41.2 Å². The number of aryl methyl sites for hydroxylation is 1. The van der Waals surface area contributed by atoms with E-state index in [0.29, 0.717) is 34.4 Å². The van der Waals surface area contributed by atoms with Gasteiger partial charge < -0.3 is 14.5 Å². The summed E-state index contributed by atoms with van der Waals surface area (Å²) in [6.45, 7) is 2.11. The van der Waals surface area contributed by atoms with E-state index >= 15 is 0 Å². The van der Waals surface area contributed by atoms with Gasteiger partial charge >= 0.3 is 6.03 Å². The van der Waals surface area contributed by atoms with Crippen molar-refractivity contribution in [3.05, 3.63) is 77.8 Å². The number of likely N-dealkylation sites (N-methyl/N-ethyl adjacent to an activating group) is 1. The number of nitrogens with one attached hydrogen (secondary N) is 1. The molecule has 0 radical (unpaired) electrons. The van der Waals surface area contributed by atoms with Crippen LogP contribution >= 0.6 is 0 Å². The molecule has 2 unspecified atom stereocenters. The van der Waals surface area contributed by atoms with E-state index in [1.165, 1.54) is 11.9 Å². The second-order valence-corrected chi connectivity index (χ2v) is 11.0. The Hall–Kier alpha value is -4.80. The first-order chi connectivity index (χ1) is 19.8. The van der Waals surface area contributed by atoms with Gasteiger partial charge in [0.25, 0.3) is 0 Å². The number of carbonyl (C=O) groups is 3. The molecule has 3 aliphatic rings. The van der Waals surface area contributed by atoms with Gasteiger partial charge in [0.2, 0.25) is 11.8 Å². The Labute approximate surface area is 236 Å². The quantitative estimate of drug-likeness (QED) is 0.328. The Bertz CT molecular complexity index is 1710. The number of aromatic nitrogens is 4. The van der Waals surface area contributed by atoms with Gasteiger partial charge in [-0.05, 0) is 61.9 Å². The van der Waals surface area contributed by atoms with Gasteiger partial charge in [0, 0.05) is 54.9 Å². The highest BCUT2D eigenvalue weighted by atomic mass is 16.5. The Morgan fingerprint density at radius 3 is 2.73 bits per heavy atom. The van der Waals surface area contributed by atoms with Crippen LogP contribution in [0.2, 0.25) is 0 Å². The normalized spacial score (nSPS) is 20.1. The lowest BCUT2D eigenvalue weighted by Gasteiger charge is -2.17. The minimum atomic E-state index is -0.353. The van der Waals surface area contributed by atoms with Crippen molar-refractivity contribution in [1.29, 1.82) is 0 Å². The van der Waals surface area contributed by atoms with Crippen molar-refractivity contribution >= 4 is 34.9 Å². The summed E-state index contributed by atoms with van der Waals surface area (Å²) in [4.78, 5) is 54.0. The van der Waals surface area contributed by atoms with E-state index in [2.05, 4.69) is 15.3 Å². The molecule has 1 aromatic carbocycles. The minimum Gasteiger partial charge on any atom is -0.487 e. The summed E-state index contributed by atoms with van der Waals surface area (Å²) in [5, 5.41) is 2.99. The summed E-state index contributed by atoms with van der Waals surface area (Å²) >= 11 is 0. The first-order valence-corrected chi connectivity index (χ1v) is 13.8. The van der Waals surface area contributed by atoms with Crippen LogP contribution in [-0.2, 0) is 16.2 Å². The molecule has 2 aliphatic carbocycles. The standard InChI is InChI=1S/C30H29N7O4/c1-17-8-9-31-27(32-17)23-12-24(23)29(39)34-20-4-3-5-22(11-20)41-16-21-14-36-13-19(18-6-7-18)10-25(28(36)33-21)37-15-26(38)35(2)30(37)40/h3-5,8-11,13-14,18,23-24H,6-7,12,15-16H2,1-2H3,(H,34,39). The van der Waals surface area contributed by atoms with Gasteiger partial charge in [-0.2, -0.15) is 0 Å². The first kappa shape index (κ1) is 25.2. The van der Waals surface area contributed by atoms with Crippen LogP contribution in [0.15, 0.2) is 55.0 Å². The van der Waals surface area contributed by atoms with Gasteiger partial charge in [0.1, 0.15) is 24.7 Å². The molecule has 1 N–H and O–H groups in total. The number of urea groups is 1. The van der Waals surface area contributed by atoms with E-state index < -0.39 is 0 Å². The number of fused-ring (bicyclic) bond motifs is 1. The number of hydrogen-bond donors (Lipinski definition) is 1. The highest BCUT2D eigenvalue weighted by Crippen LogP contribution is 2.46. The van der Waals surface area contributed by atoms with Crippen molar-refractivity contribution in [2.45, 2.75) is 44.6 Å². The second kappa shape index (κ2) is 9.69. The molecule has 4 heterocycles. The van der Waals surface area contributed by atoms with Crippen LogP contribution in [-0.4, -0.2) is 55.7 Å². The Morgan fingerprint density at radius 2 is 1.98 bits per heavy atom. The maximum absolute atomic E-state index is 12.8. The molecule has 41 heavy (non-hydrogen) atoms. The molecule has 3 fully saturated rings. The minimum absolute atomic E-state index is 0.00403. The number of amides is 4. The van der Waals surface area contributed by atoms with E-state index in [1.807, 2.05) is 54.0 Å². The molecule has 3 aromatic heterocycles. The van der Waals surface area contributed by atoms with Gasteiger partial charge in [-0.1, -0.05) is 6.07 Å². The fraction of sp³-hybridized carbons (Fsp3) is 0.333. The van der Waals surface area contributed by atoms with Crippen molar-refractivity contribution in [2.75, 3.05) is 23.8 Å². The molecule has 1 aliphatic heterocycles. The molecule has 2 atom stereocenters. The third kappa shape index (κ3) is 4.88. The molecule has 2 saturated carbocycles. The number of imide groups is 1. The molecular formula is C30H29N7O4. The first-order valence-electron chi connectivity index (χ1n) is 13.8. The summed E-state index contributed by atoms with van der Waals surface area (Å²) in [5.74, 6) is 1.37. The third-order valence-electron chi connectivity index (χ3n) is 7.89. The average molecular weight is 552 g/mol. The highest BCUT2D eigenvalue weighted by Gasteiger charge is 2.46. The lowest BCUT2D eigenvalue weighted by Crippen LogP contribution is -2.30. The summed E-state index contributed by atoms with van der Waals surface area (Å²) in [7, 11) is 1.50. The van der Waals surface area contributed by atoms with Crippen molar-refractivity contribution in [3.8, 4) is 5.75 Å². The second-order valence-electron chi connectivity index (χ2n) is 11.0. The van der Waals surface area contributed by atoms with Crippen molar-refractivity contribution in [1.82, 2.24) is 24.3 Å². The number of imidazole rings is 1. The van der Waals surface area contributed by atoms with E-state index in [4.69, 9.17) is 9.72 Å². The molecule has 4 aromatic rings. The Kier molecular flexibility index (Phi) is 5.95. The number of carbonyl (C=O) groups excluding carboxylic acids is 3. The maximum atomic E-state index is 12.8. The van der Waals surface area contributed by atoms with E-state index in [-0.39, 0.29) is 42.8 Å². The lowest BCUT2D eigenvalue weighted by molar-refractivity contribution is -0.124. The summed E-state index contributed by atoms with van der Waals surface area (Å²) in [6.07, 6.45) is 8.61. The van der Waals surface area contributed by atoms with Crippen LogP contribution in [0.1, 0.15) is 53.9 Å². The number of anilines is 2. The largest absolute Gasteiger partial charge is 0.487 e. The zero-order valence-electron chi connectivity index (χ0n) is 22.8. The van der Waals surface area contributed by atoms with Crippen LogP contribution < -0.4 is 15.0 Å². The molecule has 0 spiro atoms. The molecule has 4 amide bonds. The lowest BCUT2D eigenvalue weighted by atomic mass is 10.1. The molecule has 7 rings (SSSR count). The number of rotatable bonds is 8. The van der Waals surface area contributed by atoms with Crippen LogP contribution in [0, 0.1) is 12.8 Å². The van der Waals surface area contributed by atoms with E-state index in [9.17, 15) is 14.4 Å². The number of hydrogen-bond acceptors (Lipinski definition) is 7. The Morgan fingerprint density at radius 1 is 1.12 bits per heavy atom. The monoisotopic (exact) mass is 551 g/mol. The van der Waals surface area contributed by atoms with Crippen molar-refractivity contribution < 1.29 is 19.1 Å². The van der Waals surface area contributed by atoms with Gasteiger partial charge in [0.05, 0.1) is 11.4 Å². The molecule has 11 nitrogen and oxygen atoms in total. The summed E-state index contributed by atoms with van der Waals surface area (Å²) in [5.41, 5.74) is 4.57. The van der Waals surface area contributed by atoms with Gasteiger partial charge in [0.15, 0.2) is 5.65 Å². The van der Waals surface area contributed by atoms with Crippen LogP contribution in [0.25, 0.3) is 5.65 Å². The molecule has 1 saturated heterocycles. The SMILES string of the molecule is Cc1ccnc(C2CC2C(=O)Nc2cccc(OCc3cn4cc(C5CC5)cc(N5CC(=O)N(C)C5=O)c4n3)c2)n1. The third-order valence-corrected chi connectivity index (χ3v) is 7.89. The summed E-state index contributed by atoms with van der Waals surface area (Å²) < 4.78 is 7.96.